The number of nitrogens with zero attached hydrogens (tertiary/aromatic N) is 3. The van der Waals surface area contributed by atoms with Crippen LogP contribution < -0.4 is 9.62 Å². The SMILES string of the molecule is CC(C)NC(=O)[C@H](Cc1ccccc1)N(Cc1ccc(Cl)cc1Cl)C(=O)CN(c1ccccc1F)S(=O)(=O)N(C)C. The zero-order valence-corrected chi connectivity index (χ0v) is 25.5. The molecule has 0 unspecified atom stereocenters. The van der Waals surface area contributed by atoms with E-state index in [4.69, 9.17) is 23.2 Å². The van der Waals surface area contributed by atoms with Crippen molar-refractivity contribution in [3.8, 4) is 0 Å². The molecule has 3 aromatic rings. The first-order valence-corrected chi connectivity index (χ1v) is 15.0. The van der Waals surface area contributed by atoms with Gasteiger partial charge in [0.05, 0.1) is 5.69 Å². The topological polar surface area (TPSA) is 90.0 Å². The Morgan fingerprint density at radius 3 is 2.17 bits per heavy atom. The van der Waals surface area contributed by atoms with Crippen molar-refractivity contribution in [1.82, 2.24) is 14.5 Å². The standard InChI is InChI=1S/C29H33Cl2FN4O4S/c1-20(2)33-29(38)27(16-21-10-6-5-7-11-21)35(18-22-14-15-23(30)17-24(22)31)28(37)19-36(41(39,40)34(3)4)26-13-9-8-12-25(26)32/h5-15,17,20,27H,16,18-19H2,1-4H3,(H,33,38)/t27-/m0/s1. The van der Waals surface area contributed by atoms with Crippen LogP contribution in [-0.2, 0) is 32.8 Å². The molecule has 8 nitrogen and oxygen atoms in total. The van der Waals surface area contributed by atoms with Crippen LogP contribution in [0.15, 0.2) is 72.8 Å². The first-order chi connectivity index (χ1) is 19.3. The maximum atomic E-state index is 14.9. The molecule has 0 saturated heterocycles. The summed E-state index contributed by atoms with van der Waals surface area (Å²) >= 11 is 12.5. The van der Waals surface area contributed by atoms with E-state index in [1.165, 1.54) is 43.3 Å². The molecule has 3 aromatic carbocycles. The van der Waals surface area contributed by atoms with Gasteiger partial charge in [-0.25, -0.2) is 8.70 Å². The lowest BCUT2D eigenvalue weighted by Crippen LogP contribution is -2.55. The maximum Gasteiger partial charge on any atom is 0.304 e. The van der Waals surface area contributed by atoms with E-state index in [1.54, 1.807) is 26.0 Å². The van der Waals surface area contributed by atoms with E-state index in [9.17, 15) is 22.4 Å². The van der Waals surface area contributed by atoms with Crippen LogP contribution in [0.1, 0.15) is 25.0 Å². The van der Waals surface area contributed by atoms with Gasteiger partial charge in [-0.1, -0.05) is 71.7 Å². The average molecular weight is 624 g/mol. The lowest BCUT2D eigenvalue weighted by atomic mass is 10.0. The van der Waals surface area contributed by atoms with Gasteiger partial charge in [0, 0.05) is 43.1 Å². The van der Waals surface area contributed by atoms with Gasteiger partial charge < -0.3 is 10.2 Å². The third kappa shape index (κ3) is 8.42. The molecule has 0 saturated carbocycles. The van der Waals surface area contributed by atoms with Crippen LogP contribution in [-0.4, -0.2) is 62.2 Å². The van der Waals surface area contributed by atoms with E-state index < -0.39 is 40.4 Å². The van der Waals surface area contributed by atoms with Crippen molar-refractivity contribution in [3.05, 3.63) is 99.8 Å². The van der Waals surface area contributed by atoms with Crippen molar-refractivity contribution >= 4 is 50.9 Å². The summed E-state index contributed by atoms with van der Waals surface area (Å²) in [5.74, 6) is -1.99. The summed E-state index contributed by atoms with van der Waals surface area (Å²) in [4.78, 5) is 29.0. The van der Waals surface area contributed by atoms with Crippen LogP contribution in [0.2, 0.25) is 10.0 Å². The number of nitrogens with one attached hydrogen (secondary N) is 1. The van der Waals surface area contributed by atoms with Gasteiger partial charge in [0.25, 0.3) is 0 Å². The molecule has 41 heavy (non-hydrogen) atoms. The number of anilines is 1. The number of rotatable bonds is 12. The molecule has 2 amide bonds. The zero-order chi connectivity index (χ0) is 30.3. The molecular formula is C29H33Cl2FN4O4S. The van der Waals surface area contributed by atoms with Crippen molar-refractivity contribution in [2.75, 3.05) is 24.9 Å². The van der Waals surface area contributed by atoms with Gasteiger partial charge in [-0.2, -0.15) is 12.7 Å². The fraction of sp³-hybridized carbons (Fsp3) is 0.310. The van der Waals surface area contributed by atoms with Crippen LogP contribution in [0.3, 0.4) is 0 Å². The molecule has 0 spiro atoms. The molecule has 0 aliphatic heterocycles. The van der Waals surface area contributed by atoms with Gasteiger partial charge in [0.1, 0.15) is 18.4 Å². The lowest BCUT2D eigenvalue weighted by Gasteiger charge is -2.35. The third-order valence-corrected chi connectivity index (χ3v) is 8.59. The Kier molecular flexibility index (Phi) is 11.1. The minimum atomic E-state index is -4.32. The van der Waals surface area contributed by atoms with Crippen molar-refractivity contribution in [2.24, 2.45) is 0 Å². The van der Waals surface area contributed by atoms with Gasteiger partial charge in [0.15, 0.2) is 0 Å². The average Bonchev–Trinajstić information content (AvgIpc) is 2.90. The van der Waals surface area contributed by atoms with Gasteiger partial charge in [-0.05, 0) is 49.2 Å². The van der Waals surface area contributed by atoms with Gasteiger partial charge in [0.2, 0.25) is 11.8 Å². The van der Waals surface area contributed by atoms with E-state index in [1.807, 2.05) is 30.3 Å². The van der Waals surface area contributed by atoms with Crippen LogP contribution in [0.4, 0.5) is 10.1 Å². The van der Waals surface area contributed by atoms with Crippen LogP contribution >= 0.6 is 23.2 Å². The molecule has 1 N–H and O–H groups in total. The molecule has 0 aliphatic carbocycles. The number of amides is 2. The summed E-state index contributed by atoms with van der Waals surface area (Å²) in [6.45, 7) is 2.68. The monoisotopic (exact) mass is 622 g/mol. The highest BCUT2D eigenvalue weighted by Gasteiger charge is 2.35. The van der Waals surface area contributed by atoms with Crippen molar-refractivity contribution in [1.29, 1.82) is 0 Å². The minimum Gasteiger partial charge on any atom is -0.352 e. The Morgan fingerprint density at radius 2 is 1.59 bits per heavy atom. The summed E-state index contributed by atoms with van der Waals surface area (Å²) in [5.41, 5.74) is 0.973. The smallest absolute Gasteiger partial charge is 0.304 e. The van der Waals surface area contributed by atoms with Gasteiger partial charge in [-0.3, -0.25) is 9.59 Å². The first-order valence-electron chi connectivity index (χ1n) is 12.8. The minimum absolute atomic E-state index is 0.134. The molecule has 220 valence electrons. The lowest BCUT2D eigenvalue weighted by molar-refractivity contribution is -0.140. The first kappa shape index (κ1) is 32.3. The highest BCUT2D eigenvalue weighted by atomic mass is 35.5. The van der Waals surface area contributed by atoms with Crippen LogP contribution in [0.5, 0.6) is 0 Å². The van der Waals surface area contributed by atoms with Crippen LogP contribution in [0, 0.1) is 5.82 Å². The maximum absolute atomic E-state index is 14.9. The predicted molar refractivity (Wildman–Crippen MR) is 161 cm³/mol. The molecule has 0 bridgehead atoms. The summed E-state index contributed by atoms with van der Waals surface area (Å²) < 4.78 is 43.1. The molecule has 12 heteroatoms. The second kappa shape index (κ2) is 14.1. The Hall–Kier alpha value is -3.18. The highest BCUT2D eigenvalue weighted by molar-refractivity contribution is 7.90. The second-order valence-corrected chi connectivity index (χ2v) is 12.8. The Bertz CT molecular complexity index is 1470. The van der Waals surface area contributed by atoms with E-state index in [0.717, 1.165) is 15.9 Å². The molecule has 0 heterocycles. The quantitative estimate of drug-likeness (QED) is 0.311. The van der Waals surface area contributed by atoms with Crippen LogP contribution in [0.25, 0.3) is 0 Å². The number of halogens is 3. The summed E-state index contributed by atoms with van der Waals surface area (Å²) in [5, 5.41) is 3.52. The van der Waals surface area contributed by atoms with E-state index in [2.05, 4.69) is 5.32 Å². The number of carbonyl (C=O) groups is 2. The Morgan fingerprint density at radius 1 is 0.951 bits per heavy atom. The summed E-state index contributed by atoms with van der Waals surface area (Å²) in [6.07, 6.45) is 0.135. The summed E-state index contributed by atoms with van der Waals surface area (Å²) in [7, 11) is -1.75. The largest absolute Gasteiger partial charge is 0.352 e. The molecule has 1 atom stereocenters. The molecule has 0 aliphatic rings. The van der Waals surface area contributed by atoms with Gasteiger partial charge in [-0.15, -0.1) is 0 Å². The second-order valence-electron chi connectivity index (χ2n) is 9.87. The van der Waals surface area contributed by atoms with Crippen molar-refractivity contribution < 1.29 is 22.4 Å². The molecule has 3 rings (SSSR count). The van der Waals surface area contributed by atoms with Crippen molar-refractivity contribution in [3.63, 3.8) is 0 Å². The number of carbonyl (C=O) groups excluding carboxylic acids is 2. The Balaban J connectivity index is 2.13. The highest BCUT2D eigenvalue weighted by Crippen LogP contribution is 2.26. The number of hydrogen-bond acceptors (Lipinski definition) is 4. The Labute approximate surface area is 250 Å². The predicted octanol–water partition coefficient (Wildman–Crippen LogP) is 4.91. The van der Waals surface area contributed by atoms with E-state index in [-0.39, 0.29) is 29.7 Å². The van der Waals surface area contributed by atoms with E-state index in [0.29, 0.717) is 14.9 Å². The van der Waals surface area contributed by atoms with Gasteiger partial charge >= 0.3 is 10.2 Å². The van der Waals surface area contributed by atoms with E-state index >= 15 is 0 Å². The molecular weight excluding hydrogens is 590 g/mol. The molecule has 0 radical (unpaired) electrons. The summed E-state index contributed by atoms with van der Waals surface area (Å²) in [6, 6.07) is 17.9. The molecule has 0 aromatic heterocycles. The number of para-hydroxylation sites is 1. The molecule has 0 fully saturated rings. The third-order valence-electron chi connectivity index (χ3n) is 6.20. The normalized spacial score (nSPS) is 12.3. The van der Waals surface area contributed by atoms with Crippen molar-refractivity contribution in [2.45, 2.75) is 38.9 Å². The number of benzene rings is 3. The fourth-order valence-electron chi connectivity index (χ4n) is 4.12. The fourth-order valence-corrected chi connectivity index (χ4v) is 5.66. The number of hydrogen-bond donors (Lipinski definition) is 1. The zero-order valence-electron chi connectivity index (χ0n) is 23.2.